The Bertz CT molecular complexity index is 1440. The summed E-state index contributed by atoms with van der Waals surface area (Å²) < 4.78 is 54.9. The second kappa shape index (κ2) is 11.7. The Morgan fingerprint density at radius 1 is 1.22 bits per heavy atom. The van der Waals surface area contributed by atoms with Gasteiger partial charge in [0.25, 0.3) is 10.0 Å². The van der Waals surface area contributed by atoms with Crippen LogP contribution in [0.1, 0.15) is 67.4 Å². The van der Waals surface area contributed by atoms with E-state index in [1.54, 1.807) is 6.07 Å². The number of rotatable bonds is 11. The standard InChI is InChI=1S/C31H39FN2O6S/c1-5-34-11-10-20(16-34)19(3)18(2)12-24(35)14-21-13-23(32)6-9-28(21)41(37,38)33-27-8-7-25-26-15-22(26)17-40-30(25)29(27)31(36)39-4/h6-9,13,18-20,22,26,33H,5,10-12,14-17H2,1-4H3. The maximum Gasteiger partial charge on any atom is 0.343 e. The van der Waals surface area contributed by atoms with E-state index >= 15 is 0 Å². The number of ether oxygens (including phenoxy) is 2. The number of nitrogens with zero attached hydrogens (tertiary/aromatic N) is 1. The largest absolute Gasteiger partial charge is 0.492 e. The van der Waals surface area contributed by atoms with Crippen LogP contribution in [0.3, 0.4) is 0 Å². The molecule has 5 atom stereocenters. The van der Waals surface area contributed by atoms with Crippen LogP contribution in [0.15, 0.2) is 35.2 Å². The molecule has 0 spiro atoms. The predicted octanol–water partition coefficient (Wildman–Crippen LogP) is 5.02. The number of benzene rings is 2. The fourth-order valence-corrected chi connectivity index (χ4v) is 7.75. The van der Waals surface area contributed by atoms with E-state index in [1.807, 2.05) is 0 Å². The predicted molar refractivity (Wildman–Crippen MR) is 153 cm³/mol. The molecule has 8 nitrogen and oxygen atoms in total. The molecule has 1 N–H and O–H groups in total. The summed E-state index contributed by atoms with van der Waals surface area (Å²) in [6.45, 7) is 9.94. The molecule has 1 aliphatic carbocycles. The summed E-state index contributed by atoms with van der Waals surface area (Å²) in [4.78, 5) is 28.1. The summed E-state index contributed by atoms with van der Waals surface area (Å²) in [6.07, 6.45) is 2.13. The molecule has 5 rings (SSSR count). The van der Waals surface area contributed by atoms with E-state index in [2.05, 4.69) is 30.4 Å². The molecular weight excluding hydrogens is 547 g/mol. The Morgan fingerprint density at radius 3 is 2.71 bits per heavy atom. The number of carbonyl (C=O) groups excluding carboxylic acids is 2. The van der Waals surface area contributed by atoms with Crippen molar-refractivity contribution in [1.82, 2.24) is 4.90 Å². The van der Waals surface area contributed by atoms with Crippen LogP contribution in [0.2, 0.25) is 0 Å². The highest BCUT2D eigenvalue weighted by Crippen LogP contribution is 2.55. The van der Waals surface area contributed by atoms with Crippen LogP contribution in [0.25, 0.3) is 0 Å². The van der Waals surface area contributed by atoms with Gasteiger partial charge in [-0.15, -0.1) is 0 Å². The fraction of sp³-hybridized carbons (Fsp3) is 0.548. The second-order valence-corrected chi connectivity index (χ2v) is 13.5. The molecule has 0 bridgehead atoms. The first-order valence-electron chi connectivity index (χ1n) is 14.5. The summed E-state index contributed by atoms with van der Waals surface area (Å²) in [7, 11) is -3.08. The summed E-state index contributed by atoms with van der Waals surface area (Å²) in [5.74, 6) is 0.489. The lowest BCUT2D eigenvalue weighted by Gasteiger charge is -2.26. The van der Waals surface area contributed by atoms with Gasteiger partial charge in [0.1, 0.15) is 22.9 Å². The lowest BCUT2D eigenvalue weighted by Crippen LogP contribution is -2.26. The number of fused-ring (bicyclic) bond motifs is 3. The summed E-state index contributed by atoms with van der Waals surface area (Å²) >= 11 is 0. The molecule has 2 aromatic carbocycles. The van der Waals surface area contributed by atoms with Crippen LogP contribution in [0, 0.1) is 29.5 Å². The van der Waals surface area contributed by atoms with Gasteiger partial charge >= 0.3 is 5.97 Å². The number of carbonyl (C=O) groups is 2. The van der Waals surface area contributed by atoms with Crippen LogP contribution >= 0.6 is 0 Å². The highest BCUT2D eigenvalue weighted by Gasteiger charge is 2.45. The third-order valence-corrected chi connectivity index (χ3v) is 10.7. The number of methoxy groups -OCH3 is 1. The van der Waals surface area contributed by atoms with Crippen molar-refractivity contribution in [3.05, 3.63) is 52.8 Å². The van der Waals surface area contributed by atoms with Crippen molar-refractivity contribution in [2.24, 2.45) is 23.7 Å². The number of hydrogen-bond donors (Lipinski definition) is 1. The number of esters is 1. The zero-order chi connectivity index (χ0) is 29.5. The minimum atomic E-state index is -4.30. The highest BCUT2D eigenvalue weighted by molar-refractivity contribution is 7.92. The van der Waals surface area contributed by atoms with E-state index in [9.17, 15) is 22.4 Å². The fourth-order valence-electron chi connectivity index (χ4n) is 6.46. The molecule has 222 valence electrons. The number of anilines is 1. The third-order valence-electron chi connectivity index (χ3n) is 9.23. The van der Waals surface area contributed by atoms with Crippen molar-refractivity contribution in [3.63, 3.8) is 0 Å². The monoisotopic (exact) mass is 586 g/mol. The van der Waals surface area contributed by atoms with E-state index in [-0.39, 0.29) is 52.2 Å². The normalized spacial score (nSPS) is 23.1. The molecule has 0 aromatic heterocycles. The van der Waals surface area contributed by atoms with Gasteiger partial charge in [-0.1, -0.05) is 26.8 Å². The Kier molecular flexibility index (Phi) is 8.43. The Labute approximate surface area is 241 Å². The highest BCUT2D eigenvalue weighted by atomic mass is 32.2. The minimum absolute atomic E-state index is 0.00928. The van der Waals surface area contributed by atoms with E-state index in [0.717, 1.165) is 56.2 Å². The molecule has 2 aromatic rings. The molecule has 2 heterocycles. The minimum Gasteiger partial charge on any atom is -0.492 e. The van der Waals surface area contributed by atoms with Crippen molar-refractivity contribution in [1.29, 1.82) is 0 Å². The summed E-state index contributed by atoms with van der Waals surface area (Å²) in [5, 5.41) is 0. The van der Waals surface area contributed by atoms with Crippen LogP contribution in [-0.2, 0) is 26.0 Å². The average Bonchev–Trinajstić information content (AvgIpc) is 3.58. The van der Waals surface area contributed by atoms with E-state index in [1.165, 1.54) is 13.2 Å². The number of Topliss-reactive ketones (excluding diaryl/α,β-unsaturated/α-hetero) is 1. The molecule has 0 amide bonds. The SMILES string of the molecule is CCN1CCC(C(C)C(C)CC(=O)Cc2cc(F)ccc2S(=O)(=O)Nc2ccc3c(c2C(=O)OC)OCC2CC32)C1. The molecule has 2 aliphatic heterocycles. The quantitative estimate of drug-likeness (QED) is 0.369. The van der Waals surface area contributed by atoms with Gasteiger partial charge in [-0.05, 0) is 85.0 Å². The summed E-state index contributed by atoms with van der Waals surface area (Å²) in [5.41, 5.74) is 0.961. The van der Waals surface area contributed by atoms with Gasteiger partial charge in [0.15, 0.2) is 0 Å². The van der Waals surface area contributed by atoms with Gasteiger partial charge in [0, 0.05) is 25.3 Å². The molecule has 2 fully saturated rings. The third kappa shape index (κ3) is 6.14. The lowest BCUT2D eigenvalue weighted by molar-refractivity contribution is -0.119. The van der Waals surface area contributed by atoms with Crippen molar-refractivity contribution < 1.29 is 31.9 Å². The first kappa shape index (κ1) is 29.5. The number of sulfonamides is 1. The molecule has 5 unspecified atom stereocenters. The van der Waals surface area contributed by atoms with Crippen molar-refractivity contribution in [2.45, 2.75) is 57.3 Å². The second-order valence-electron chi connectivity index (χ2n) is 11.9. The van der Waals surface area contributed by atoms with Gasteiger partial charge in [-0.3, -0.25) is 9.52 Å². The Morgan fingerprint density at radius 2 is 2.00 bits per heavy atom. The molecule has 41 heavy (non-hydrogen) atoms. The molecular formula is C31H39FN2O6S. The number of halogens is 1. The number of nitrogens with one attached hydrogen (secondary N) is 1. The first-order chi connectivity index (χ1) is 19.5. The van der Waals surface area contributed by atoms with Gasteiger partial charge in [0.05, 0.1) is 24.3 Å². The van der Waals surface area contributed by atoms with Gasteiger partial charge in [-0.2, -0.15) is 0 Å². The molecule has 10 heteroatoms. The van der Waals surface area contributed by atoms with Gasteiger partial charge in [-0.25, -0.2) is 17.6 Å². The molecule has 1 saturated heterocycles. The number of likely N-dealkylation sites (tertiary alicyclic amines) is 1. The van der Waals surface area contributed by atoms with Crippen LogP contribution < -0.4 is 9.46 Å². The number of ketones is 1. The molecule has 0 radical (unpaired) electrons. The topological polar surface area (TPSA) is 102 Å². The maximum absolute atomic E-state index is 14.3. The first-order valence-corrected chi connectivity index (χ1v) is 15.9. The van der Waals surface area contributed by atoms with E-state index < -0.39 is 21.8 Å². The maximum atomic E-state index is 14.3. The van der Waals surface area contributed by atoms with Crippen LogP contribution in [0.5, 0.6) is 5.75 Å². The van der Waals surface area contributed by atoms with Gasteiger partial charge < -0.3 is 14.4 Å². The zero-order valence-corrected chi connectivity index (χ0v) is 24.9. The lowest BCUT2D eigenvalue weighted by atomic mass is 9.80. The Hall–Kier alpha value is -2.98. The Balaban J connectivity index is 1.35. The smallest absolute Gasteiger partial charge is 0.343 e. The van der Waals surface area contributed by atoms with Crippen LogP contribution in [-0.4, -0.2) is 58.4 Å². The molecule has 3 aliphatic rings. The summed E-state index contributed by atoms with van der Waals surface area (Å²) in [6, 6.07) is 6.61. The van der Waals surface area contributed by atoms with Crippen molar-refractivity contribution in [3.8, 4) is 5.75 Å². The van der Waals surface area contributed by atoms with Crippen LogP contribution in [0.4, 0.5) is 10.1 Å². The number of hydrogen-bond acceptors (Lipinski definition) is 7. The average molecular weight is 587 g/mol. The van der Waals surface area contributed by atoms with Gasteiger partial charge in [0.2, 0.25) is 0 Å². The van der Waals surface area contributed by atoms with E-state index in [0.29, 0.717) is 30.1 Å². The molecule has 1 saturated carbocycles. The van der Waals surface area contributed by atoms with Crippen molar-refractivity contribution in [2.75, 3.05) is 38.1 Å². The van der Waals surface area contributed by atoms with Crippen molar-refractivity contribution >= 4 is 27.5 Å². The van der Waals surface area contributed by atoms with E-state index in [4.69, 9.17) is 9.47 Å². The zero-order valence-electron chi connectivity index (χ0n) is 24.1.